The van der Waals surface area contributed by atoms with Crippen LogP contribution < -0.4 is 18.9 Å². The van der Waals surface area contributed by atoms with Gasteiger partial charge < -0.3 is 33.2 Å². The van der Waals surface area contributed by atoms with Gasteiger partial charge in [0, 0.05) is 30.4 Å². The largest absolute Gasteiger partial charge is 0.494 e. The van der Waals surface area contributed by atoms with E-state index >= 15 is 0 Å². The fraction of sp³-hybridized carbons (Fsp3) is 0.488. The lowest BCUT2D eigenvalue weighted by molar-refractivity contribution is -0.142. The molecular weight excluding hydrogens is 620 g/mol. The summed E-state index contributed by atoms with van der Waals surface area (Å²) < 4.78 is 42.1. The third kappa shape index (κ3) is 8.25. The maximum Gasteiger partial charge on any atom is 0.305 e. The summed E-state index contributed by atoms with van der Waals surface area (Å²) in [7, 11) is 1.45. The molecule has 3 atom stereocenters. The van der Waals surface area contributed by atoms with Gasteiger partial charge in [-0.1, -0.05) is 24.3 Å². The first-order valence-electron chi connectivity index (χ1n) is 18.0. The van der Waals surface area contributed by atoms with Gasteiger partial charge in [0.2, 0.25) is 0 Å². The highest BCUT2D eigenvalue weighted by molar-refractivity contribution is 5.96. The second-order valence-electron chi connectivity index (χ2n) is 13.7. The fourth-order valence-corrected chi connectivity index (χ4v) is 7.43. The number of ether oxygens (including phenoxy) is 7. The number of hydrogen-bond acceptors (Lipinski definition) is 8. The van der Waals surface area contributed by atoms with Gasteiger partial charge in [0.25, 0.3) is 0 Å². The van der Waals surface area contributed by atoms with Gasteiger partial charge in [0.05, 0.1) is 26.9 Å². The number of hydrogen-bond donors (Lipinski definition) is 0. The molecule has 0 bridgehead atoms. The molecule has 8 heteroatoms. The van der Waals surface area contributed by atoms with Crippen molar-refractivity contribution in [3.63, 3.8) is 0 Å². The lowest BCUT2D eigenvalue weighted by Crippen LogP contribution is -2.27. The smallest absolute Gasteiger partial charge is 0.305 e. The Morgan fingerprint density at radius 1 is 0.796 bits per heavy atom. The van der Waals surface area contributed by atoms with Gasteiger partial charge in [-0.15, -0.1) is 0 Å². The highest BCUT2D eigenvalue weighted by Gasteiger charge is 2.32. The highest BCUT2D eigenvalue weighted by atomic mass is 16.7. The predicted octanol–water partition coefficient (Wildman–Crippen LogP) is 8.92. The first-order chi connectivity index (χ1) is 24.0. The van der Waals surface area contributed by atoms with Gasteiger partial charge in [-0.3, -0.25) is 4.79 Å². The van der Waals surface area contributed by atoms with E-state index in [4.69, 9.17) is 33.2 Å². The maximum atomic E-state index is 11.5. The van der Waals surface area contributed by atoms with Crippen molar-refractivity contribution in [3.8, 4) is 23.0 Å². The van der Waals surface area contributed by atoms with Gasteiger partial charge in [0.15, 0.2) is 12.6 Å². The second kappa shape index (κ2) is 15.7. The average molecular weight is 669 g/mol. The number of fused-ring (bicyclic) bond motifs is 1. The van der Waals surface area contributed by atoms with Crippen LogP contribution in [-0.2, 0) is 19.0 Å². The second-order valence-corrected chi connectivity index (χ2v) is 13.7. The average Bonchev–Trinajstić information content (AvgIpc) is 3.12. The zero-order chi connectivity index (χ0) is 33.6. The summed E-state index contributed by atoms with van der Waals surface area (Å²) in [5, 5.41) is 0. The first-order valence-corrected chi connectivity index (χ1v) is 18.0. The Labute approximate surface area is 289 Å². The number of allylic oxidation sites excluding steroid dienone is 1. The van der Waals surface area contributed by atoms with E-state index in [2.05, 4.69) is 37.3 Å². The van der Waals surface area contributed by atoms with Gasteiger partial charge in [-0.2, -0.15) is 0 Å². The summed E-state index contributed by atoms with van der Waals surface area (Å²) in [6.45, 7) is 4.28. The van der Waals surface area contributed by atoms with Crippen molar-refractivity contribution in [2.75, 3.05) is 26.9 Å². The van der Waals surface area contributed by atoms with Crippen molar-refractivity contribution < 1.29 is 38.0 Å². The summed E-state index contributed by atoms with van der Waals surface area (Å²) >= 11 is 0. The Balaban J connectivity index is 1.09. The van der Waals surface area contributed by atoms with Gasteiger partial charge in [0.1, 0.15) is 29.1 Å². The SMILES string of the molecule is COC(=O)CC1CC(CCOc2ccc(C3Oc4ccc(OC5CCCCO5)cc4C(C)=C3c3cccc(OC4CCCCO4)c3)cc2)C1. The van der Waals surface area contributed by atoms with E-state index in [-0.39, 0.29) is 24.7 Å². The molecule has 3 aromatic carbocycles. The van der Waals surface area contributed by atoms with Crippen LogP contribution in [0.15, 0.2) is 66.7 Å². The molecule has 1 aliphatic carbocycles. The normalized spacial score (nSPS) is 25.0. The molecule has 3 heterocycles. The van der Waals surface area contributed by atoms with E-state index in [1.165, 1.54) is 7.11 Å². The van der Waals surface area contributed by atoms with Gasteiger partial charge in [-0.05, 0) is 123 Å². The Morgan fingerprint density at radius 2 is 1.49 bits per heavy atom. The Kier molecular flexibility index (Phi) is 10.7. The lowest BCUT2D eigenvalue weighted by atomic mass is 9.72. The van der Waals surface area contributed by atoms with Gasteiger partial charge in [-0.25, -0.2) is 0 Å². The van der Waals surface area contributed by atoms with Crippen molar-refractivity contribution in [3.05, 3.63) is 83.4 Å². The number of methoxy groups -OCH3 is 1. The molecule has 0 aromatic heterocycles. The molecule has 49 heavy (non-hydrogen) atoms. The maximum absolute atomic E-state index is 11.5. The topological polar surface area (TPSA) is 81.7 Å². The molecule has 3 fully saturated rings. The molecule has 0 amide bonds. The lowest BCUT2D eigenvalue weighted by Gasteiger charge is -2.34. The number of rotatable bonds is 12. The van der Waals surface area contributed by atoms with Crippen molar-refractivity contribution >= 4 is 17.1 Å². The van der Waals surface area contributed by atoms with E-state index in [0.717, 1.165) is 122 Å². The summed E-state index contributed by atoms with van der Waals surface area (Å²) in [6.07, 6.45) is 9.01. The van der Waals surface area contributed by atoms with Gasteiger partial charge >= 0.3 is 5.97 Å². The summed E-state index contributed by atoms with van der Waals surface area (Å²) in [5.41, 5.74) is 5.28. The number of carbonyl (C=O) groups is 1. The molecule has 3 aromatic rings. The Hall–Kier alpha value is -4.01. The first kappa shape index (κ1) is 33.5. The van der Waals surface area contributed by atoms with Crippen LogP contribution >= 0.6 is 0 Å². The molecule has 3 aliphatic heterocycles. The summed E-state index contributed by atoms with van der Waals surface area (Å²) in [4.78, 5) is 11.5. The summed E-state index contributed by atoms with van der Waals surface area (Å²) in [6, 6.07) is 22.6. The summed E-state index contributed by atoms with van der Waals surface area (Å²) in [5.74, 6) is 4.15. The van der Waals surface area contributed by atoms with Crippen LogP contribution in [0.5, 0.6) is 23.0 Å². The molecular formula is C41H48O8. The zero-order valence-corrected chi connectivity index (χ0v) is 28.7. The number of benzene rings is 3. The predicted molar refractivity (Wildman–Crippen MR) is 187 cm³/mol. The minimum absolute atomic E-state index is 0.114. The number of carbonyl (C=O) groups excluding carboxylic acids is 1. The Morgan fingerprint density at radius 3 is 2.16 bits per heavy atom. The minimum Gasteiger partial charge on any atom is -0.494 e. The molecule has 1 saturated carbocycles. The van der Waals surface area contributed by atoms with E-state index in [1.807, 2.05) is 36.4 Å². The molecule has 8 nitrogen and oxygen atoms in total. The molecule has 4 aliphatic rings. The molecule has 0 N–H and O–H groups in total. The van der Waals surface area contributed by atoms with Crippen LogP contribution in [0.25, 0.3) is 11.1 Å². The van der Waals surface area contributed by atoms with E-state index in [9.17, 15) is 4.79 Å². The third-order valence-electron chi connectivity index (χ3n) is 10.2. The van der Waals surface area contributed by atoms with E-state index < -0.39 is 0 Å². The van der Waals surface area contributed by atoms with Crippen LogP contribution in [-0.4, -0.2) is 45.5 Å². The van der Waals surface area contributed by atoms with Crippen molar-refractivity contribution in [1.29, 1.82) is 0 Å². The van der Waals surface area contributed by atoms with E-state index in [1.54, 1.807) is 0 Å². The molecule has 7 rings (SSSR count). The van der Waals surface area contributed by atoms with Crippen LogP contribution in [0.3, 0.4) is 0 Å². The number of esters is 1. The molecule has 3 unspecified atom stereocenters. The molecule has 0 spiro atoms. The van der Waals surface area contributed by atoms with Crippen LogP contribution in [0.4, 0.5) is 0 Å². The van der Waals surface area contributed by atoms with Crippen LogP contribution in [0.1, 0.15) is 93.9 Å². The van der Waals surface area contributed by atoms with E-state index in [0.29, 0.717) is 24.9 Å². The van der Waals surface area contributed by atoms with Crippen molar-refractivity contribution in [2.24, 2.45) is 11.8 Å². The highest BCUT2D eigenvalue weighted by Crippen LogP contribution is 2.48. The van der Waals surface area contributed by atoms with Crippen molar-refractivity contribution in [1.82, 2.24) is 0 Å². The standard InChI is InChI=1S/C41H48O8/c1-27-35-26-34(48-39-11-4-6-20-46-39)16-17-36(35)49-41(40(27)31-8-7-9-33(25-31)47-38-10-3-5-19-45-38)30-12-14-32(15-13-30)44-21-18-28-22-29(23-28)24-37(42)43-2/h7-9,12-17,25-26,28-29,38-39,41H,3-6,10-11,18-24H2,1-2H3. The Bertz CT molecular complexity index is 1600. The molecule has 260 valence electrons. The minimum atomic E-state index is -0.335. The quantitative estimate of drug-likeness (QED) is 0.177. The third-order valence-corrected chi connectivity index (χ3v) is 10.2. The van der Waals surface area contributed by atoms with Crippen molar-refractivity contribution in [2.45, 2.75) is 89.8 Å². The molecule has 2 saturated heterocycles. The molecule has 0 radical (unpaired) electrons. The van der Waals surface area contributed by atoms with Crippen LogP contribution in [0.2, 0.25) is 0 Å². The monoisotopic (exact) mass is 668 g/mol. The van der Waals surface area contributed by atoms with Crippen LogP contribution in [0, 0.1) is 11.8 Å². The fourth-order valence-electron chi connectivity index (χ4n) is 7.43. The zero-order valence-electron chi connectivity index (χ0n) is 28.7.